The van der Waals surface area contributed by atoms with Gasteiger partial charge >= 0.3 is 0 Å². The van der Waals surface area contributed by atoms with Gasteiger partial charge in [0.1, 0.15) is 0 Å². The van der Waals surface area contributed by atoms with Crippen LogP contribution < -0.4 is 5.73 Å². The van der Waals surface area contributed by atoms with E-state index in [2.05, 4.69) is 0 Å². The number of nitrogens with zero attached hydrogens (tertiary/aromatic N) is 1. The molecule has 0 radical (unpaired) electrons. The lowest BCUT2D eigenvalue weighted by Crippen LogP contribution is -2.53. The van der Waals surface area contributed by atoms with Crippen LogP contribution in [0.2, 0.25) is 5.02 Å². The molecule has 106 valence electrons. The van der Waals surface area contributed by atoms with Gasteiger partial charge in [0.05, 0.1) is 4.90 Å². The summed E-state index contributed by atoms with van der Waals surface area (Å²) in [5, 5.41) is 0.425. The summed E-state index contributed by atoms with van der Waals surface area (Å²) < 4.78 is 26.6. The van der Waals surface area contributed by atoms with E-state index >= 15 is 0 Å². The largest absolute Gasteiger partial charge is 0.327 e. The maximum atomic E-state index is 12.6. The number of hydrogen-bond acceptors (Lipinski definition) is 3. The average Bonchev–Trinajstić information content (AvgIpc) is 2.32. The first-order chi connectivity index (χ1) is 8.73. The Balaban J connectivity index is 2.31. The molecule has 1 saturated heterocycles. The molecule has 1 aliphatic rings. The van der Waals surface area contributed by atoms with Crippen LogP contribution in [-0.2, 0) is 10.0 Å². The topological polar surface area (TPSA) is 63.4 Å². The molecule has 0 aliphatic carbocycles. The van der Waals surface area contributed by atoms with Crippen LogP contribution in [0.4, 0.5) is 0 Å². The van der Waals surface area contributed by atoms with Gasteiger partial charge in [0.25, 0.3) is 0 Å². The first kappa shape index (κ1) is 14.8. The third-order valence-corrected chi connectivity index (χ3v) is 5.79. The highest BCUT2D eigenvalue weighted by Gasteiger charge is 2.38. The van der Waals surface area contributed by atoms with E-state index in [0.29, 0.717) is 24.5 Å². The summed E-state index contributed by atoms with van der Waals surface area (Å²) in [7, 11) is -3.49. The molecule has 6 heteroatoms. The molecule has 2 rings (SSSR count). The first-order valence-corrected chi connectivity index (χ1v) is 8.06. The molecular weight excluding hydrogens is 284 g/mol. The van der Waals surface area contributed by atoms with Crippen LogP contribution in [0, 0.1) is 5.41 Å². The van der Waals surface area contributed by atoms with Gasteiger partial charge in [-0.1, -0.05) is 31.5 Å². The van der Waals surface area contributed by atoms with E-state index in [-0.39, 0.29) is 16.4 Å². The zero-order valence-electron chi connectivity index (χ0n) is 11.1. The molecule has 1 heterocycles. The molecule has 1 aliphatic heterocycles. The van der Waals surface area contributed by atoms with Gasteiger partial charge in [-0.2, -0.15) is 4.31 Å². The van der Waals surface area contributed by atoms with Crippen LogP contribution in [0.25, 0.3) is 0 Å². The molecule has 0 saturated carbocycles. The standard InChI is InChI=1S/C13H19ClN2O2S/c1-13(2)9-16(7-6-12(13)15)19(17,18)11-5-3-4-10(14)8-11/h3-5,8,12H,6-7,9,15H2,1-2H3. The lowest BCUT2D eigenvalue weighted by atomic mass is 9.81. The summed E-state index contributed by atoms with van der Waals surface area (Å²) in [6.07, 6.45) is 0.673. The fourth-order valence-corrected chi connectivity index (χ4v) is 4.23. The van der Waals surface area contributed by atoms with Gasteiger partial charge in [-0.25, -0.2) is 8.42 Å². The summed E-state index contributed by atoms with van der Waals surface area (Å²) in [4.78, 5) is 0.242. The molecule has 0 bridgehead atoms. The minimum Gasteiger partial charge on any atom is -0.327 e. The van der Waals surface area contributed by atoms with Gasteiger partial charge in [0.15, 0.2) is 0 Å². The van der Waals surface area contributed by atoms with Crippen molar-refractivity contribution in [2.45, 2.75) is 31.2 Å². The van der Waals surface area contributed by atoms with E-state index in [9.17, 15) is 8.42 Å². The Bertz CT molecular complexity index is 572. The lowest BCUT2D eigenvalue weighted by Gasteiger charge is -2.41. The number of rotatable bonds is 2. The number of sulfonamides is 1. The minimum atomic E-state index is -3.49. The molecule has 2 N–H and O–H groups in total. The predicted molar refractivity (Wildman–Crippen MR) is 76.6 cm³/mol. The van der Waals surface area contributed by atoms with Crippen molar-refractivity contribution in [1.82, 2.24) is 4.31 Å². The summed E-state index contributed by atoms with van der Waals surface area (Å²) in [5.41, 5.74) is 5.82. The zero-order valence-corrected chi connectivity index (χ0v) is 12.7. The monoisotopic (exact) mass is 302 g/mol. The normalized spacial score (nSPS) is 24.3. The highest BCUT2D eigenvalue weighted by molar-refractivity contribution is 7.89. The highest BCUT2D eigenvalue weighted by Crippen LogP contribution is 2.31. The quantitative estimate of drug-likeness (QED) is 0.910. The van der Waals surface area contributed by atoms with Crippen molar-refractivity contribution < 1.29 is 8.42 Å². The van der Waals surface area contributed by atoms with Gasteiger partial charge < -0.3 is 5.73 Å². The molecule has 0 amide bonds. The Labute approximate surface area is 119 Å². The van der Waals surface area contributed by atoms with Crippen LogP contribution in [0.3, 0.4) is 0 Å². The number of piperidine rings is 1. The molecule has 1 aromatic rings. The number of halogens is 1. The summed E-state index contributed by atoms with van der Waals surface area (Å²) >= 11 is 5.87. The Morgan fingerprint density at radius 1 is 1.42 bits per heavy atom. The van der Waals surface area contributed by atoms with E-state index < -0.39 is 10.0 Å². The van der Waals surface area contributed by atoms with Crippen molar-refractivity contribution in [2.24, 2.45) is 11.1 Å². The van der Waals surface area contributed by atoms with Gasteiger partial charge in [-0.15, -0.1) is 0 Å². The van der Waals surface area contributed by atoms with Crippen molar-refractivity contribution >= 4 is 21.6 Å². The molecule has 1 atom stereocenters. The Kier molecular flexibility index (Phi) is 3.93. The summed E-state index contributed by atoms with van der Waals surface area (Å²) in [5.74, 6) is 0. The molecule has 0 aromatic heterocycles. The molecule has 1 unspecified atom stereocenters. The second-order valence-corrected chi connectivity index (χ2v) is 8.05. The van der Waals surface area contributed by atoms with Crippen LogP contribution in [0.5, 0.6) is 0 Å². The fraction of sp³-hybridized carbons (Fsp3) is 0.538. The lowest BCUT2D eigenvalue weighted by molar-refractivity contribution is 0.155. The van der Waals surface area contributed by atoms with E-state index in [0.717, 1.165) is 0 Å². The molecular formula is C13H19ClN2O2S. The molecule has 0 spiro atoms. The minimum absolute atomic E-state index is 0.0262. The maximum absolute atomic E-state index is 12.6. The average molecular weight is 303 g/mol. The van der Waals surface area contributed by atoms with E-state index in [1.165, 1.54) is 10.4 Å². The van der Waals surface area contributed by atoms with Gasteiger partial charge in [0.2, 0.25) is 10.0 Å². The third kappa shape index (κ3) is 2.94. The molecule has 1 aromatic carbocycles. The van der Waals surface area contributed by atoms with Crippen molar-refractivity contribution in [1.29, 1.82) is 0 Å². The number of hydrogen-bond donors (Lipinski definition) is 1. The van der Waals surface area contributed by atoms with Crippen molar-refractivity contribution in [3.05, 3.63) is 29.3 Å². The summed E-state index contributed by atoms with van der Waals surface area (Å²) in [6.45, 7) is 4.89. The third-order valence-electron chi connectivity index (χ3n) is 3.71. The second-order valence-electron chi connectivity index (χ2n) is 5.68. The smallest absolute Gasteiger partial charge is 0.243 e. The Morgan fingerprint density at radius 2 is 2.11 bits per heavy atom. The predicted octanol–water partition coefficient (Wildman–Crippen LogP) is 2.09. The van der Waals surface area contributed by atoms with Gasteiger partial charge in [-0.05, 0) is 30.0 Å². The van der Waals surface area contributed by atoms with E-state index in [1.54, 1.807) is 18.2 Å². The second kappa shape index (κ2) is 5.05. The number of benzene rings is 1. The maximum Gasteiger partial charge on any atom is 0.243 e. The van der Waals surface area contributed by atoms with Crippen LogP contribution in [0.15, 0.2) is 29.2 Å². The first-order valence-electron chi connectivity index (χ1n) is 6.25. The molecule has 4 nitrogen and oxygen atoms in total. The van der Waals surface area contributed by atoms with E-state index in [4.69, 9.17) is 17.3 Å². The Morgan fingerprint density at radius 3 is 2.68 bits per heavy atom. The fourth-order valence-electron chi connectivity index (χ4n) is 2.31. The Hall–Kier alpha value is -0.620. The SMILES string of the molecule is CC1(C)CN(S(=O)(=O)c2cccc(Cl)c2)CCC1N. The van der Waals surface area contributed by atoms with Gasteiger partial charge in [-0.3, -0.25) is 0 Å². The highest BCUT2D eigenvalue weighted by atomic mass is 35.5. The van der Waals surface area contributed by atoms with Crippen molar-refractivity contribution in [3.63, 3.8) is 0 Å². The van der Waals surface area contributed by atoms with Crippen LogP contribution in [-0.4, -0.2) is 31.9 Å². The van der Waals surface area contributed by atoms with Crippen molar-refractivity contribution in [3.8, 4) is 0 Å². The molecule has 19 heavy (non-hydrogen) atoms. The number of nitrogens with two attached hydrogens (primary N) is 1. The summed E-state index contributed by atoms with van der Waals surface area (Å²) in [6, 6.07) is 6.40. The van der Waals surface area contributed by atoms with Crippen molar-refractivity contribution in [2.75, 3.05) is 13.1 Å². The van der Waals surface area contributed by atoms with E-state index in [1.807, 2.05) is 13.8 Å². The molecule has 1 fully saturated rings. The zero-order chi connectivity index (χ0) is 14.3. The van der Waals surface area contributed by atoms with Crippen LogP contribution in [0.1, 0.15) is 20.3 Å². The van der Waals surface area contributed by atoms with Gasteiger partial charge in [0, 0.05) is 24.2 Å². The van der Waals surface area contributed by atoms with Crippen LogP contribution >= 0.6 is 11.6 Å².